The van der Waals surface area contributed by atoms with Crippen LogP contribution in [0.15, 0.2) is 6.07 Å². The molecule has 6 nitrogen and oxygen atoms in total. The Labute approximate surface area is 144 Å². The molecule has 2 heterocycles. The molecular formula is C18H29N5O. The zero-order valence-corrected chi connectivity index (χ0v) is 14.9. The molecule has 0 unspecified atom stereocenters. The van der Waals surface area contributed by atoms with Crippen LogP contribution < -0.4 is 10.2 Å². The first-order valence-electron chi connectivity index (χ1n) is 9.24. The molecule has 1 saturated heterocycles. The summed E-state index contributed by atoms with van der Waals surface area (Å²) in [6, 6.07) is 2.54. The summed E-state index contributed by atoms with van der Waals surface area (Å²) in [4.78, 5) is 25.0. The van der Waals surface area contributed by atoms with Gasteiger partial charge in [0, 0.05) is 50.9 Å². The van der Waals surface area contributed by atoms with E-state index in [9.17, 15) is 4.79 Å². The van der Waals surface area contributed by atoms with Gasteiger partial charge in [-0.05, 0) is 19.8 Å². The fraction of sp³-hybridized carbons (Fsp3) is 0.722. The highest BCUT2D eigenvalue weighted by Gasteiger charge is 2.21. The average molecular weight is 331 g/mol. The number of carbonyl (C=O) groups excluding carboxylic acids is 1. The Morgan fingerprint density at radius 3 is 2.38 bits per heavy atom. The van der Waals surface area contributed by atoms with E-state index in [4.69, 9.17) is 4.98 Å². The van der Waals surface area contributed by atoms with Gasteiger partial charge < -0.3 is 15.1 Å². The van der Waals surface area contributed by atoms with Gasteiger partial charge in [-0.25, -0.2) is 4.98 Å². The van der Waals surface area contributed by atoms with E-state index < -0.39 is 0 Å². The number of anilines is 2. The molecule has 1 aromatic heterocycles. The molecule has 0 spiro atoms. The Kier molecular flexibility index (Phi) is 5.53. The molecule has 0 aromatic carbocycles. The summed E-state index contributed by atoms with van der Waals surface area (Å²) in [6.45, 7) is 6.86. The van der Waals surface area contributed by atoms with Crippen LogP contribution >= 0.6 is 0 Å². The van der Waals surface area contributed by atoms with Crippen LogP contribution in [-0.2, 0) is 4.79 Å². The van der Waals surface area contributed by atoms with Crippen LogP contribution in [-0.4, -0.2) is 53.0 Å². The quantitative estimate of drug-likeness (QED) is 0.863. The first-order chi connectivity index (χ1) is 11.6. The molecule has 2 aliphatic rings. The molecular weight excluding hydrogens is 302 g/mol. The number of carbonyl (C=O) groups is 1. The van der Waals surface area contributed by atoms with E-state index in [0.29, 0.717) is 6.04 Å². The normalized spacial score (nSPS) is 19.9. The predicted molar refractivity (Wildman–Crippen MR) is 96.3 cm³/mol. The zero-order valence-electron chi connectivity index (χ0n) is 14.9. The van der Waals surface area contributed by atoms with Crippen molar-refractivity contribution in [2.75, 3.05) is 36.4 Å². The number of nitrogens with one attached hydrogen (secondary N) is 1. The lowest BCUT2D eigenvalue weighted by atomic mass is 10.1. The van der Waals surface area contributed by atoms with Gasteiger partial charge in [0.1, 0.15) is 5.82 Å². The Bertz CT molecular complexity index is 561. The number of rotatable bonds is 3. The van der Waals surface area contributed by atoms with Gasteiger partial charge in [-0.2, -0.15) is 4.98 Å². The summed E-state index contributed by atoms with van der Waals surface area (Å²) >= 11 is 0. The summed E-state index contributed by atoms with van der Waals surface area (Å²) in [5, 5.41) is 3.55. The minimum absolute atomic E-state index is 0.157. The summed E-state index contributed by atoms with van der Waals surface area (Å²) < 4.78 is 0. The Balaban J connectivity index is 1.66. The fourth-order valence-electron chi connectivity index (χ4n) is 3.64. The number of aromatic nitrogens is 2. The molecule has 0 radical (unpaired) electrons. The third-order valence-electron chi connectivity index (χ3n) is 5.08. The van der Waals surface area contributed by atoms with E-state index in [1.807, 2.05) is 17.9 Å². The largest absolute Gasteiger partial charge is 0.353 e. The molecule has 0 bridgehead atoms. The molecule has 2 fully saturated rings. The molecule has 132 valence electrons. The summed E-state index contributed by atoms with van der Waals surface area (Å²) in [6.07, 6.45) is 7.71. The molecule has 1 aliphatic carbocycles. The molecule has 24 heavy (non-hydrogen) atoms. The minimum Gasteiger partial charge on any atom is -0.353 e. The smallest absolute Gasteiger partial charge is 0.225 e. The molecule has 6 heteroatoms. The van der Waals surface area contributed by atoms with E-state index in [1.165, 1.54) is 38.5 Å². The van der Waals surface area contributed by atoms with Crippen LogP contribution in [0.3, 0.4) is 0 Å². The molecule has 3 rings (SSSR count). The second-order valence-electron chi connectivity index (χ2n) is 7.02. The SMILES string of the molecule is CC(=O)N1CCN(c2cc(C)nc(NC3CCCCCC3)n2)CC1. The zero-order chi connectivity index (χ0) is 16.9. The van der Waals surface area contributed by atoms with Crippen molar-refractivity contribution in [3.8, 4) is 0 Å². The fourth-order valence-corrected chi connectivity index (χ4v) is 3.64. The summed E-state index contributed by atoms with van der Waals surface area (Å²) in [5.74, 6) is 1.89. The third kappa shape index (κ3) is 4.36. The Morgan fingerprint density at radius 1 is 1.08 bits per heavy atom. The number of nitrogens with zero attached hydrogens (tertiary/aromatic N) is 4. The van der Waals surface area contributed by atoms with Crippen LogP contribution in [0.5, 0.6) is 0 Å². The van der Waals surface area contributed by atoms with Gasteiger partial charge in [0.15, 0.2) is 0 Å². The lowest BCUT2D eigenvalue weighted by Gasteiger charge is -2.35. The van der Waals surface area contributed by atoms with E-state index in [1.54, 1.807) is 6.92 Å². The van der Waals surface area contributed by atoms with Gasteiger partial charge >= 0.3 is 0 Å². The monoisotopic (exact) mass is 331 g/mol. The van der Waals surface area contributed by atoms with Crippen LogP contribution in [0.25, 0.3) is 0 Å². The second-order valence-corrected chi connectivity index (χ2v) is 7.02. The van der Waals surface area contributed by atoms with Crippen LogP contribution in [0.4, 0.5) is 11.8 Å². The van der Waals surface area contributed by atoms with Gasteiger partial charge in [-0.3, -0.25) is 4.79 Å². The van der Waals surface area contributed by atoms with Gasteiger partial charge in [0.25, 0.3) is 0 Å². The molecule has 1 saturated carbocycles. The first-order valence-corrected chi connectivity index (χ1v) is 9.24. The highest BCUT2D eigenvalue weighted by atomic mass is 16.2. The van der Waals surface area contributed by atoms with Crippen molar-refractivity contribution in [1.29, 1.82) is 0 Å². The minimum atomic E-state index is 0.157. The van der Waals surface area contributed by atoms with Crippen LogP contribution in [0.2, 0.25) is 0 Å². The predicted octanol–water partition coefficient (Wildman–Crippen LogP) is 2.59. The number of amides is 1. The van der Waals surface area contributed by atoms with Crippen molar-refractivity contribution >= 4 is 17.7 Å². The van der Waals surface area contributed by atoms with Crippen LogP contribution in [0, 0.1) is 6.92 Å². The lowest BCUT2D eigenvalue weighted by Crippen LogP contribution is -2.48. The molecule has 1 aromatic rings. The van der Waals surface area contributed by atoms with Crippen molar-refractivity contribution in [2.24, 2.45) is 0 Å². The maximum Gasteiger partial charge on any atom is 0.225 e. The van der Waals surface area contributed by atoms with Crippen molar-refractivity contribution in [2.45, 2.75) is 58.4 Å². The molecule has 1 aliphatic heterocycles. The third-order valence-corrected chi connectivity index (χ3v) is 5.08. The highest BCUT2D eigenvalue weighted by molar-refractivity contribution is 5.73. The van der Waals surface area contributed by atoms with Crippen molar-refractivity contribution in [1.82, 2.24) is 14.9 Å². The van der Waals surface area contributed by atoms with E-state index >= 15 is 0 Å². The molecule has 1 N–H and O–H groups in total. The Morgan fingerprint density at radius 2 is 1.75 bits per heavy atom. The maximum atomic E-state index is 11.5. The summed E-state index contributed by atoms with van der Waals surface area (Å²) in [7, 11) is 0. The lowest BCUT2D eigenvalue weighted by molar-refractivity contribution is -0.129. The topological polar surface area (TPSA) is 61.4 Å². The highest BCUT2D eigenvalue weighted by Crippen LogP contribution is 2.22. The number of hydrogen-bond acceptors (Lipinski definition) is 5. The van der Waals surface area contributed by atoms with Gasteiger partial charge in [-0.1, -0.05) is 25.7 Å². The number of piperazine rings is 1. The van der Waals surface area contributed by atoms with Gasteiger partial charge in [0.2, 0.25) is 11.9 Å². The van der Waals surface area contributed by atoms with E-state index in [2.05, 4.69) is 15.2 Å². The second kappa shape index (κ2) is 7.81. The maximum absolute atomic E-state index is 11.5. The van der Waals surface area contributed by atoms with Crippen LogP contribution in [0.1, 0.15) is 51.1 Å². The van der Waals surface area contributed by atoms with Crippen molar-refractivity contribution in [3.63, 3.8) is 0 Å². The van der Waals surface area contributed by atoms with Crippen molar-refractivity contribution < 1.29 is 4.79 Å². The number of aryl methyl sites for hydroxylation is 1. The summed E-state index contributed by atoms with van der Waals surface area (Å²) in [5.41, 5.74) is 0.991. The molecule has 0 atom stereocenters. The van der Waals surface area contributed by atoms with Gasteiger partial charge in [0.05, 0.1) is 0 Å². The van der Waals surface area contributed by atoms with E-state index in [0.717, 1.165) is 43.6 Å². The van der Waals surface area contributed by atoms with Crippen molar-refractivity contribution in [3.05, 3.63) is 11.8 Å². The average Bonchev–Trinajstić information content (AvgIpc) is 2.83. The standard InChI is InChI=1S/C18H29N5O/c1-14-13-17(23-11-9-22(10-12-23)15(2)24)21-18(19-14)20-16-7-5-3-4-6-8-16/h13,16H,3-12H2,1-2H3,(H,19,20,21). The molecule has 1 amide bonds. The number of hydrogen-bond donors (Lipinski definition) is 1. The Hall–Kier alpha value is -1.85. The van der Waals surface area contributed by atoms with Gasteiger partial charge in [-0.15, -0.1) is 0 Å². The first kappa shape index (κ1) is 17.0. The van der Waals surface area contributed by atoms with E-state index in [-0.39, 0.29) is 5.91 Å².